The summed E-state index contributed by atoms with van der Waals surface area (Å²) in [5.41, 5.74) is 1.82. The Labute approximate surface area is 257 Å². The highest BCUT2D eigenvalue weighted by atomic mass is 79.9. The van der Waals surface area contributed by atoms with Crippen molar-refractivity contribution in [2.75, 3.05) is 20.3 Å². The van der Waals surface area contributed by atoms with E-state index in [1.165, 1.54) is 13.2 Å². The van der Waals surface area contributed by atoms with Crippen LogP contribution in [0.1, 0.15) is 37.0 Å². The van der Waals surface area contributed by atoms with Gasteiger partial charge in [-0.1, -0.05) is 36.7 Å². The first-order chi connectivity index (χ1) is 20.2. The Hall–Kier alpha value is -4.02. The molecule has 0 aromatic heterocycles. The van der Waals surface area contributed by atoms with Crippen LogP contribution in [0.5, 0.6) is 23.0 Å². The molecule has 1 N–H and O–H groups in total. The molecule has 4 rings (SSSR count). The van der Waals surface area contributed by atoms with E-state index in [0.29, 0.717) is 56.8 Å². The Balaban J connectivity index is 1.57. The first kappa shape index (κ1) is 30.9. The molecule has 1 fully saturated rings. The molecule has 0 bridgehead atoms. The number of hydrogen-bond acceptors (Lipinski definition) is 7. The molecule has 4 amide bonds. The van der Waals surface area contributed by atoms with E-state index in [0.717, 1.165) is 16.9 Å². The quantitative estimate of drug-likeness (QED) is 0.174. The van der Waals surface area contributed by atoms with Crippen molar-refractivity contribution in [3.05, 3.63) is 86.4 Å². The molecule has 0 atom stereocenters. The summed E-state index contributed by atoms with van der Waals surface area (Å²) in [4.78, 5) is 39.8. The third-order valence-electron chi connectivity index (χ3n) is 6.16. The van der Waals surface area contributed by atoms with Crippen molar-refractivity contribution in [1.82, 2.24) is 10.2 Å². The third-order valence-corrected chi connectivity index (χ3v) is 7.00. The van der Waals surface area contributed by atoms with Gasteiger partial charge in [0.15, 0.2) is 23.0 Å². The molecule has 0 spiro atoms. The largest absolute Gasteiger partial charge is 0.493 e. The van der Waals surface area contributed by atoms with E-state index in [4.69, 9.17) is 30.5 Å². The van der Waals surface area contributed by atoms with Crippen LogP contribution in [0.15, 0.2) is 64.6 Å². The predicted molar refractivity (Wildman–Crippen MR) is 162 cm³/mol. The summed E-state index contributed by atoms with van der Waals surface area (Å²) >= 11 is 9.46. The van der Waals surface area contributed by atoms with Crippen molar-refractivity contribution in [3.8, 4) is 23.0 Å². The predicted octanol–water partition coefficient (Wildman–Crippen LogP) is 6.54. The Morgan fingerprint density at radius 3 is 2.33 bits per heavy atom. The van der Waals surface area contributed by atoms with Crippen LogP contribution in [0.25, 0.3) is 6.08 Å². The molecule has 220 valence electrons. The van der Waals surface area contributed by atoms with E-state index in [2.05, 4.69) is 21.2 Å². The number of urea groups is 1. The van der Waals surface area contributed by atoms with Crippen LogP contribution in [0, 0.1) is 0 Å². The van der Waals surface area contributed by atoms with E-state index in [-0.39, 0.29) is 18.7 Å². The van der Waals surface area contributed by atoms with Crippen LogP contribution in [0.3, 0.4) is 0 Å². The second kappa shape index (κ2) is 14.2. The minimum absolute atomic E-state index is 0.0755. The molecule has 1 aliphatic heterocycles. The molecule has 9 nitrogen and oxygen atoms in total. The normalized spacial score (nSPS) is 14.2. The number of halogens is 2. The number of ether oxygens (including phenoxy) is 4. The summed E-state index contributed by atoms with van der Waals surface area (Å²) in [6.07, 6.45) is 2.24. The molecule has 0 aliphatic carbocycles. The second-order valence-electron chi connectivity index (χ2n) is 9.22. The van der Waals surface area contributed by atoms with Crippen LogP contribution in [-0.2, 0) is 22.7 Å². The zero-order chi connectivity index (χ0) is 30.2. The highest BCUT2D eigenvalue weighted by molar-refractivity contribution is 9.10. The average molecular weight is 658 g/mol. The third kappa shape index (κ3) is 7.43. The van der Waals surface area contributed by atoms with Gasteiger partial charge in [-0.3, -0.25) is 19.8 Å². The minimum atomic E-state index is -0.809. The molecule has 11 heteroatoms. The maximum Gasteiger partial charge on any atom is 0.331 e. The zero-order valence-corrected chi connectivity index (χ0v) is 25.7. The number of carbonyl (C=O) groups excluding carboxylic acids is 3. The van der Waals surface area contributed by atoms with E-state index in [1.807, 2.05) is 26.0 Å². The summed E-state index contributed by atoms with van der Waals surface area (Å²) in [7, 11) is 1.49. The highest BCUT2D eigenvalue weighted by Gasteiger charge is 2.36. The molecule has 0 unspecified atom stereocenters. The van der Waals surface area contributed by atoms with Gasteiger partial charge in [0.05, 0.1) is 31.3 Å². The number of carbonyl (C=O) groups is 3. The van der Waals surface area contributed by atoms with E-state index < -0.39 is 17.8 Å². The highest BCUT2D eigenvalue weighted by Crippen LogP contribution is 2.38. The monoisotopic (exact) mass is 656 g/mol. The lowest BCUT2D eigenvalue weighted by atomic mass is 10.1. The number of nitrogens with zero attached hydrogens (tertiary/aromatic N) is 1. The maximum absolute atomic E-state index is 13.4. The Bertz CT molecular complexity index is 1510. The van der Waals surface area contributed by atoms with Crippen molar-refractivity contribution in [2.45, 2.75) is 33.4 Å². The number of nitrogens with one attached hydrogen (secondary N) is 1. The number of imide groups is 2. The van der Waals surface area contributed by atoms with Gasteiger partial charge in [-0.15, -0.1) is 0 Å². The first-order valence-electron chi connectivity index (χ1n) is 13.3. The summed E-state index contributed by atoms with van der Waals surface area (Å²) in [5, 5.41) is 2.88. The van der Waals surface area contributed by atoms with Crippen molar-refractivity contribution in [2.24, 2.45) is 0 Å². The van der Waals surface area contributed by atoms with Crippen LogP contribution < -0.4 is 24.3 Å². The van der Waals surface area contributed by atoms with Gasteiger partial charge in [0.2, 0.25) is 0 Å². The number of benzene rings is 3. The molecular weight excluding hydrogens is 628 g/mol. The van der Waals surface area contributed by atoms with Gasteiger partial charge in [0, 0.05) is 5.02 Å². The number of rotatable bonds is 12. The Morgan fingerprint density at radius 1 is 0.905 bits per heavy atom. The summed E-state index contributed by atoms with van der Waals surface area (Å²) in [6, 6.07) is 15.0. The smallest absolute Gasteiger partial charge is 0.331 e. The van der Waals surface area contributed by atoms with Gasteiger partial charge in [-0.2, -0.15) is 0 Å². The van der Waals surface area contributed by atoms with Crippen molar-refractivity contribution >= 4 is 51.5 Å². The number of amides is 4. The first-order valence-corrected chi connectivity index (χ1v) is 14.4. The van der Waals surface area contributed by atoms with Gasteiger partial charge in [-0.25, -0.2) is 4.79 Å². The summed E-state index contributed by atoms with van der Waals surface area (Å²) in [6.45, 7) is 4.99. The Morgan fingerprint density at radius 2 is 1.64 bits per heavy atom. The summed E-state index contributed by atoms with van der Waals surface area (Å²) in [5.74, 6) is 0.394. The molecule has 0 saturated carbocycles. The maximum atomic E-state index is 13.4. The van der Waals surface area contributed by atoms with Gasteiger partial charge in [0.25, 0.3) is 11.8 Å². The average Bonchev–Trinajstić information content (AvgIpc) is 2.97. The molecule has 42 heavy (non-hydrogen) atoms. The van der Waals surface area contributed by atoms with Crippen molar-refractivity contribution < 1.29 is 33.3 Å². The standard InChI is InChI=1S/C31H30BrClN2O7/c1-4-12-41-25-11-8-20(15-26(25)40-5-2)17-35-30(37)23(29(36)34-31(35)38)13-21-14-24(32)28(27(16-21)39-3)42-18-19-6-9-22(33)10-7-19/h6-11,13-16H,4-5,12,17-18H2,1-3H3,(H,34,36,38)/b23-13+. The lowest BCUT2D eigenvalue weighted by Gasteiger charge is -2.26. The Kier molecular flexibility index (Phi) is 10.5. The van der Waals surface area contributed by atoms with E-state index in [1.54, 1.807) is 42.5 Å². The zero-order valence-electron chi connectivity index (χ0n) is 23.4. The molecule has 3 aromatic rings. The van der Waals surface area contributed by atoms with E-state index >= 15 is 0 Å². The summed E-state index contributed by atoms with van der Waals surface area (Å²) < 4.78 is 23.5. The fourth-order valence-electron chi connectivity index (χ4n) is 4.14. The van der Waals surface area contributed by atoms with E-state index in [9.17, 15) is 14.4 Å². The number of barbiturate groups is 1. The molecule has 1 saturated heterocycles. The second-order valence-corrected chi connectivity index (χ2v) is 10.5. The van der Waals surface area contributed by atoms with Gasteiger partial charge >= 0.3 is 6.03 Å². The van der Waals surface area contributed by atoms with Gasteiger partial charge < -0.3 is 18.9 Å². The fourth-order valence-corrected chi connectivity index (χ4v) is 4.84. The fraction of sp³-hybridized carbons (Fsp3) is 0.258. The molecular formula is C31H30BrClN2O7. The topological polar surface area (TPSA) is 103 Å². The van der Waals surface area contributed by atoms with Crippen molar-refractivity contribution in [3.63, 3.8) is 0 Å². The van der Waals surface area contributed by atoms with Crippen LogP contribution >= 0.6 is 27.5 Å². The van der Waals surface area contributed by atoms with Gasteiger partial charge in [-0.05, 0) is 88.4 Å². The van der Waals surface area contributed by atoms with Crippen LogP contribution in [-0.4, -0.2) is 43.1 Å². The van der Waals surface area contributed by atoms with Crippen LogP contribution in [0.2, 0.25) is 5.02 Å². The van der Waals surface area contributed by atoms with Crippen molar-refractivity contribution in [1.29, 1.82) is 0 Å². The lowest BCUT2D eigenvalue weighted by molar-refractivity contribution is -0.130. The minimum Gasteiger partial charge on any atom is -0.493 e. The van der Waals surface area contributed by atoms with Gasteiger partial charge in [0.1, 0.15) is 12.2 Å². The lowest BCUT2D eigenvalue weighted by Crippen LogP contribution is -2.53. The molecule has 1 aliphatic rings. The molecule has 0 radical (unpaired) electrons. The number of hydrogen-bond donors (Lipinski definition) is 1. The molecule has 1 heterocycles. The number of methoxy groups -OCH3 is 1. The van der Waals surface area contributed by atoms with Crippen LogP contribution in [0.4, 0.5) is 4.79 Å². The molecule has 3 aromatic carbocycles. The SMILES string of the molecule is CCCOc1ccc(CN2C(=O)NC(=O)/C(=C\c3cc(Br)c(OCc4ccc(Cl)cc4)c(OC)c3)C2=O)cc1OCC.